The third-order valence-corrected chi connectivity index (χ3v) is 3.30. The Hall–Kier alpha value is -1.39. The summed E-state index contributed by atoms with van der Waals surface area (Å²) in [5, 5.41) is 3.93. The van der Waals surface area contributed by atoms with E-state index in [0.717, 1.165) is 5.56 Å². The van der Waals surface area contributed by atoms with Gasteiger partial charge in [0.05, 0.1) is 10.9 Å². The molecule has 5 heteroatoms. The van der Waals surface area contributed by atoms with Crippen LogP contribution in [0.4, 0.5) is 0 Å². The van der Waals surface area contributed by atoms with Crippen molar-refractivity contribution in [1.29, 1.82) is 0 Å². The van der Waals surface area contributed by atoms with Gasteiger partial charge < -0.3 is 5.32 Å². The number of rotatable bonds is 3. The maximum absolute atomic E-state index is 12.4. The number of nitrogens with one attached hydrogen (secondary N) is 1. The van der Waals surface area contributed by atoms with Crippen LogP contribution in [0.25, 0.3) is 10.9 Å². The maximum atomic E-state index is 12.4. The van der Waals surface area contributed by atoms with Crippen LogP contribution in [0.15, 0.2) is 23.0 Å². The number of aryl methyl sites for hydroxylation is 1. The summed E-state index contributed by atoms with van der Waals surface area (Å²) in [5.74, 6) is 0. The van der Waals surface area contributed by atoms with Crippen molar-refractivity contribution in [2.24, 2.45) is 0 Å². The molecule has 2 rings (SSSR count). The number of likely N-dealkylation sites (N-methyl/N-ethyl adjacent to an activating group) is 1. The number of aromatic nitrogens is 2. The number of nitrogens with zero attached hydrogens (tertiary/aromatic N) is 2. The fourth-order valence-electron chi connectivity index (χ4n) is 1.83. The van der Waals surface area contributed by atoms with Gasteiger partial charge in [-0.1, -0.05) is 11.6 Å². The molecule has 0 aliphatic rings. The van der Waals surface area contributed by atoms with Crippen LogP contribution in [0, 0.1) is 6.92 Å². The highest BCUT2D eigenvalue weighted by Crippen LogP contribution is 2.13. The van der Waals surface area contributed by atoms with Gasteiger partial charge in [0, 0.05) is 12.6 Å². The van der Waals surface area contributed by atoms with Gasteiger partial charge in [0.1, 0.15) is 0 Å². The predicted octanol–water partition coefficient (Wildman–Crippen LogP) is 1.97. The summed E-state index contributed by atoms with van der Waals surface area (Å²) in [5.41, 5.74) is 1.59. The summed E-state index contributed by atoms with van der Waals surface area (Å²) >= 11 is 6.07. The van der Waals surface area contributed by atoms with Crippen molar-refractivity contribution < 1.29 is 0 Å². The smallest absolute Gasteiger partial charge is 0.262 e. The zero-order valence-corrected chi connectivity index (χ0v) is 11.5. The molecule has 0 amide bonds. The van der Waals surface area contributed by atoms with Gasteiger partial charge in [-0.2, -0.15) is 0 Å². The summed E-state index contributed by atoms with van der Waals surface area (Å²) in [6.07, 6.45) is 0. The Morgan fingerprint density at radius 2 is 2.22 bits per heavy atom. The molecule has 0 saturated heterocycles. The second-order valence-corrected chi connectivity index (χ2v) is 4.84. The van der Waals surface area contributed by atoms with E-state index in [0.29, 0.717) is 17.4 Å². The van der Waals surface area contributed by atoms with E-state index in [1.165, 1.54) is 4.57 Å². The lowest BCUT2D eigenvalue weighted by molar-refractivity contribution is 0.503. The highest BCUT2D eigenvalue weighted by Gasteiger charge is 2.11. The van der Waals surface area contributed by atoms with Gasteiger partial charge in [-0.05, 0) is 44.6 Å². The van der Waals surface area contributed by atoms with E-state index in [9.17, 15) is 4.79 Å². The second-order valence-electron chi connectivity index (χ2n) is 4.51. The van der Waals surface area contributed by atoms with Crippen molar-refractivity contribution in [3.8, 4) is 0 Å². The first-order valence-corrected chi connectivity index (χ1v) is 6.24. The van der Waals surface area contributed by atoms with Gasteiger partial charge in [0.2, 0.25) is 5.28 Å². The van der Waals surface area contributed by atoms with Crippen molar-refractivity contribution in [3.05, 3.63) is 39.4 Å². The number of hydrogen-bond acceptors (Lipinski definition) is 3. The lowest BCUT2D eigenvalue weighted by Crippen LogP contribution is -2.33. The molecule has 0 bridgehead atoms. The number of halogens is 1. The van der Waals surface area contributed by atoms with Crippen LogP contribution in [-0.4, -0.2) is 22.6 Å². The topological polar surface area (TPSA) is 46.9 Å². The van der Waals surface area contributed by atoms with E-state index < -0.39 is 0 Å². The Morgan fingerprint density at radius 3 is 2.89 bits per heavy atom. The van der Waals surface area contributed by atoms with Gasteiger partial charge in [-0.25, -0.2) is 4.98 Å². The Kier molecular flexibility index (Phi) is 3.68. The monoisotopic (exact) mass is 265 g/mol. The third kappa shape index (κ3) is 2.40. The van der Waals surface area contributed by atoms with Crippen LogP contribution in [0.2, 0.25) is 5.28 Å². The SMILES string of the molecule is CNC(C)Cn1c(Cl)nc2ccc(C)cc2c1=O. The van der Waals surface area contributed by atoms with Crippen LogP contribution in [-0.2, 0) is 6.54 Å². The fourth-order valence-corrected chi connectivity index (χ4v) is 2.07. The largest absolute Gasteiger partial charge is 0.315 e. The van der Waals surface area contributed by atoms with E-state index in [-0.39, 0.29) is 16.9 Å². The molecule has 96 valence electrons. The van der Waals surface area contributed by atoms with Crippen molar-refractivity contribution in [3.63, 3.8) is 0 Å². The third-order valence-electron chi connectivity index (χ3n) is 3.01. The van der Waals surface area contributed by atoms with Gasteiger partial charge in [0.15, 0.2) is 0 Å². The van der Waals surface area contributed by atoms with Crippen LogP contribution in [0.1, 0.15) is 12.5 Å². The number of hydrogen-bond donors (Lipinski definition) is 1. The molecule has 1 atom stereocenters. The summed E-state index contributed by atoms with van der Waals surface area (Å²) in [6, 6.07) is 5.75. The summed E-state index contributed by atoms with van der Waals surface area (Å²) in [4.78, 5) is 16.6. The van der Waals surface area contributed by atoms with Crippen LogP contribution < -0.4 is 10.9 Å². The minimum atomic E-state index is -0.0872. The van der Waals surface area contributed by atoms with E-state index >= 15 is 0 Å². The molecule has 1 aromatic carbocycles. The van der Waals surface area contributed by atoms with E-state index in [1.54, 1.807) is 0 Å². The molecular weight excluding hydrogens is 250 g/mol. The predicted molar refractivity (Wildman–Crippen MR) is 74.3 cm³/mol. The van der Waals surface area contributed by atoms with Gasteiger partial charge in [-0.3, -0.25) is 9.36 Å². The minimum absolute atomic E-state index is 0.0872. The molecule has 1 aromatic heterocycles. The molecule has 0 aliphatic heterocycles. The van der Waals surface area contributed by atoms with Crippen molar-refractivity contribution in [2.75, 3.05) is 7.05 Å². The first-order valence-electron chi connectivity index (χ1n) is 5.87. The lowest BCUT2D eigenvalue weighted by atomic mass is 10.2. The molecule has 1 N–H and O–H groups in total. The molecule has 1 unspecified atom stereocenters. The van der Waals surface area contributed by atoms with E-state index in [2.05, 4.69) is 10.3 Å². The highest BCUT2D eigenvalue weighted by atomic mass is 35.5. The molecule has 2 aromatic rings. The number of fused-ring (bicyclic) bond motifs is 1. The molecular formula is C13H16ClN3O. The second kappa shape index (κ2) is 5.08. The Labute approximate surface area is 111 Å². The Morgan fingerprint density at radius 1 is 1.50 bits per heavy atom. The van der Waals surface area contributed by atoms with E-state index in [4.69, 9.17) is 11.6 Å². The summed E-state index contributed by atoms with van der Waals surface area (Å²) in [6.45, 7) is 4.45. The van der Waals surface area contributed by atoms with Crippen molar-refractivity contribution >= 4 is 22.5 Å². The fraction of sp³-hybridized carbons (Fsp3) is 0.385. The van der Waals surface area contributed by atoms with Crippen LogP contribution >= 0.6 is 11.6 Å². The highest BCUT2D eigenvalue weighted by molar-refractivity contribution is 6.28. The van der Waals surface area contributed by atoms with Gasteiger partial charge in [0.25, 0.3) is 5.56 Å². The zero-order valence-electron chi connectivity index (χ0n) is 10.7. The standard InChI is InChI=1S/C13H16ClN3O/c1-8-4-5-11-10(6-8)12(18)17(13(14)16-11)7-9(2)15-3/h4-6,9,15H,7H2,1-3H3. The first kappa shape index (κ1) is 13.1. The molecule has 0 radical (unpaired) electrons. The lowest BCUT2D eigenvalue weighted by Gasteiger charge is -2.14. The molecule has 0 saturated carbocycles. The van der Waals surface area contributed by atoms with Gasteiger partial charge in [-0.15, -0.1) is 0 Å². The average Bonchev–Trinajstić information content (AvgIpc) is 2.35. The van der Waals surface area contributed by atoms with Crippen molar-refractivity contribution in [1.82, 2.24) is 14.9 Å². The maximum Gasteiger partial charge on any atom is 0.262 e. The quantitative estimate of drug-likeness (QED) is 0.863. The Bertz CT molecular complexity index is 636. The molecule has 0 aliphatic carbocycles. The van der Waals surface area contributed by atoms with Gasteiger partial charge >= 0.3 is 0 Å². The summed E-state index contributed by atoms with van der Waals surface area (Å²) in [7, 11) is 1.85. The normalized spacial score (nSPS) is 12.9. The minimum Gasteiger partial charge on any atom is -0.315 e. The molecule has 1 heterocycles. The summed E-state index contributed by atoms with van der Waals surface area (Å²) < 4.78 is 1.50. The molecule has 18 heavy (non-hydrogen) atoms. The number of benzene rings is 1. The van der Waals surface area contributed by atoms with Crippen LogP contribution in [0.5, 0.6) is 0 Å². The molecule has 0 fully saturated rings. The van der Waals surface area contributed by atoms with Crippen molar-refractivity contribution in [2.45, 2.75) is 26.4 Å². The van der Waals surface area contributed by atoms with Crippen LogP contribution in [0.3, 0.4) is 0 Å². The zero-order chi connectivity index (χ0) is 13.3. The average molecular weight is 266 g/mol. The first-order chi connectivity index (χ1) is 8.52. The molecule has 0 spiro atoms. The van der Waals surface area contributed by atoms with E-state index in [1.807, 2.05) is 39.1 Å². The Balaban J connectivity index is 2.63. The molecule has 4 nitrogen and oxygen atoms in total.